The number of rotatable bonds is 2. The summed E-state index contributed by atoms with van der Waals surface area (Å²) in [6, 6.07) is 3.91. The van der Waals surface area contributed by atoms with Gasteiger partial charge in [-0.3, -0.25) is 29.4 Å². The Bertz CT molecular complexity index is 1050. The minimum Gasteiger partial charge on any atom is -0.444 e. The second-order valence-electron chi connectivity index (χ2n) is 8.80. The zero-order valence-corrected chi connectivity index (χ0v) is 17.6. The van der Waals surface area contributed by atoms with E-state index in [1.54, 1.807) is 43.9 Å². The predicted molar refractivity (Wildman–Crippen MR) is 109 cm³/mol. The number of carbonyl (C=O) groups excluding carboxylic acids is 5. The normalized spacial score (nSPS) is 21.3. The highest BCUT2D eigenvalue weighted by atomic mass is 16.6. The maximum atomic E-state index is 13.0. The average Bonchev–Trinajstić information content (AvgIpc) is 3.26. The zero-order chi connectivity index (χ0) is 22.5. The van der Waals surface area contributed by atoms with Crippen molar-refractivity contribution in [3.8, 4) is 0 Å². The quantitative estimate of drug-likeness (QED) is 0.722. The smallest absolute Gasteiger partial charge is 0.410 e. The zero-order valence-electron chi connectivity index (χ0n) is 17.6. The van der Waals surface area contributed by atoms with Gasteiger partial charge in [-0.15, -0.1) is 0 Å². The van der Waals surface area contributed by atoms with Crippen LogP contribution in [0.4, 0.5) is 4.79 Å². The Hall–Kier alpha value is -3.49. The molecule has 0 bridgehead atoms. The molecule has 5 amide bonds. The Labute approximate surface area is 179 Å². The van der Waals surface area contributed by atoms with Gasteiger partial charge in [0.05, 0.1) is 11.1 Å². The van der Waals surface area contributed by atoms with E-state index in [9.17, 15) is 24.0 Å². The van der Waals surface area contributed by atoms with Crippen molar-refractivity contribution in [3.05, 3.63) is 41.0 Å². The van der Waals surface area contributed by atoms with E-state index >= 15 is 0 Å². The first-order valence-corrected chi connectivity index (χ1v) is 10.1. The number of nitrogens with one attached hydrogen (secondary N) is 1. The lowest BCUT2D eigenvalue weighted by Crippen LogP contribution is -2.54. The van der Waals surface area contributed by atoms with E-state index in [-0.39, 0.29) is 24.0 Å². The molecule has 162 valence electrons. The summed E-state index contributed by atoms with van der Waals surface area (Å²) in [6.07, 6.45) is 1.64. The fourth-order valence-electron chi connectivity index (χ4n) is 3.90. The molecule has 0 radical (unpaired) electrons. The molecule has 1 unspecified atom stereocenters. The maximum Gasteiger partial charge on any atom is 0.410 e. The van der Waals surface area contributed by atoms with Crippen LogP contribution in [0.5, 0.6) is 0 Å². The summed E-state index contributed by atoms with van der Waals surface area (Å²) < 4.78 is 5.40. The van der Waals surface area contributed by atoms with Crippen LogP contribution in [-0.2, 0) is 14.3 Å². The molecule has 1 aromatic rings. The molecular weight excluding hydrogens is 402 g/mol. The van der Waals surface area contributed by atoms with Gasteiger partial charge in [-0.05, 0) is 50.5 Å². The molecule has 0 spiro atoms. The average molecular weight is 425 g/mol. The molecule has 1 atom stereocenters. The van der Waals surface area contributed by atoms with Gasteiger partial charge in [0.2, 0.25) is 11.8 Å². The van der Waals surface area contributed by atoms with Crippen molar-refractivity contribution < 1.29 is 28.7 Å². The lowest BCUT2D eigenvalue weighted by Gasteiger charge is -2.27. The molecular formula is C22H23N3O6. The summed E-state index contributed by atoms with van der Waals surface area (Å²) in [5.74, 6) is -2.16. The van der Waals surface area contributed by atoms with Gasteiger partial charge in [0.1, 0.15) is 11.6 Å². The third kappa shape index (κ3) is 3.83. The molecule has 0 aliphatic carbocycles. The number of ether oxygens (including phenoxy) is 1. The second kappa shape index (κ2) is 7.33. The van der Waals surface area contributed by atoms with Gasteiger partial charge in [0.25, 0.3) is 11.8 Å². The van der Waals surface area contributed by atoms with Crippen molar-refractivity contribution >= 4 is 35.3 Å². The molecule has 9 heteroatoms. The third-order valence-corrected chi connectivity index (χ3v) is 5.38. The van der Waals surface area contributed by atoms with Gasteiger partial charge in [-0.1, -0.05) is 12.1 Å². The minimum absolute atomic E-state index is 0.0719. The number of benzene rings is 1. The Morgan fingerprint density at radius 2 is 1.81 bits per heavy atom. The first-order chi connectivity index (χ1) is 14.5. The molecule has 3 heterocycles. The van der Waals surface area contributed by atoms with Crippen LogP contribution < -0.4 is 5.32 Å². The van der Waals surface area contributed by atoms with Crippen LogP contribution >= 0.6 is 0 Å². The van der Waals surface area contributed by atoms with Gasteiger partial charge < -0.3 is 9.64 Å². The first-order valence-electron chi connectivity index (χ1n) is 10.1. The molecule has 1 fully saturated rings. The number of carbonyl (C=O) groups is 5. The van der Waals surface area contributed by atoms with Crippen LogP contribution in [0.3, 0.4) is 0 Å². The summed E-state index contributed by atoms with van der Waals surface area (Å²) >= 11 is 0. The van der Waals surface area contributed by atoms with Crippen LogP contribution in [0.25, 0.3) is 5.57 Å². The minimum atomic E-state index is -0.998. The fraction of sp³-hybridized carbons (Fsp3) is 0.409. The number of piperidine rings is 1. The Morgan fingerprint density at radius 3 is 2.48 bits per heavy atom. The highest BCUT2D eigenvalue weighted by Crippen LogP contribution is 2.31. The van der Waals surface area contributed by atoms with Crippen molar-refractivity contribution in [2.75, 3.05) is 13.1 Å². The summed E-state index contributed by atoms with van der Waals surface area (Å²) in [5, 5.41) is 2.18. The number of hydrogen-bond donors (Lipinski definition) is 1. The number of hydrogen-bond acceptors (Lipinski definition) is 6. The lowest BCUT2D eigenvalue weighted by molar-refractivity contribution is -0.136. The third-order valence-electron chi connectivity index (χ3n) is 5.38. The van der Waals surface area contributed by atoms with E-state index in [1.165, 1.54) is 0 Å². The molecule has 1 aromatic carbocycles. The van der Waals surface area contributed by atoms with Crippen molar-refractivity contribution in [1.29, 1.82) is 0 Å². The van der Waals surface area contributed by atoms with E-state index in [1.807, 2.05) is 6.08 Å². The van der Waals surface area contributed by atoms with E-state index in [2.05, 4.69) is 5.32 Å². The fourth-order valence-corrected chi connectivity index (χ4v) is 3.90. The van der Waals surface area contributed by atoms with Crippen LogP contribution in [0.15, 0.2) is 24.3 Å². The van der Waals surface area contributed by atoms with E-state index < -0.39 is 41.4 Å². The SMILES string of the molecule is CC(C)(C)OC(=O)N1CC=C(c2ccc3c(c2)C(=O)N(C2CCC(=O)NC2=O)C3=O)C1. The van der Waals surface area contributed by atoms with E-state index in [4.69, 9.17) is 4.74 Å². The van der Waals surface area contributed by atoms with Crippen molar-refractivity contribution in [3.63, 3.8) is 0 Å². The molecule has 31 heavy (non-hydrogen) atoms. The molecule has 3 aliphatic rings. The van der Waals surface area contributed by atoms with Gasteiger partial charge in [0, 0.05) is 19.5 Å². The molecule has 9 nitrogen and oxygen atoms in total. The Balaban J connectivity index is 1.52. The highest BCUT2D eigenvalue weighted by molar-refractivity contribution is 6.23. The number of fused-ring (bicyclic) bond motifs is 1. The van der Waals surface area contributed by atoms with Crippen LogP contribution in [0, 0.1) is 0 Å². The molecule has 1 N–H and O–H groups in total. The monoisotopic (exact) mass is 425 g/mol. The summed E-state index contributed by atoms with van der Waals surface area (Å²) in [5.41, 5.74) is 1.40. The van der Waals surface area contributed by atoms with E-state index in [0.717, 1.165) is 16.0 Å². The molecule has 4 rings (SSSR count). The molecule has 3 aliphatic heterocycles. The second-order valence-corrected chi connectivity index (χ2v) is 8.80. The van der Waals surface area contributed by atoms with Crippen LogP contribution in [-0.4, -0.2) is 64.3 Å². The first kappa shape index (κ1) is 20.8. The van der Waals surface area contributed by atoms with Gasteiger partial charge in [-0.25, -0.2) is 4.79 Å². The molecule has 0 aromatic heterocycles. The Kier molecular flexibility index (Phi) is 4.91. The predicted octanol–water partition coefficient (Wildman–Crippen LogP) is 1.72. The number of imide groups is 2. The highest BCUT2D eigenvalue weighted by Gasteiger charge is 2.44. The summed E-state index contributed by atoms with van der Waals surface area (Å²) in [6.45, 7) is 6.11. The van der Waals surface area contributed by atoms with Gasteiger partial charge in [0.15, 0.2) is 0 Å². The largest absolute Gasteiger partial charge is 0.444 e. The summed E-state index contributed by atoms with van der Waals surface area (Å²) in [7, 11) is 0. The van der Waals surface area contributed by atoms with Crippen LogP contribution in [0.2, 0.25) is 0 Å². The molecule has 1 saturated heterocycles. The number of amides is 5. The van der Waals surface area contributed by atoms with Crippen molar-refractivity contribution in [2.24, 2.45) is 0 Å². The topological polar surface area (TPSA) is 113 Å². The van der Waals surface area contributed by atoms with Crippen molar-refractivity contribution in [2.45, 2.75) is 45.3 Å². The molecule has 0 saturated carbocycles. The van der Waals surface area contributed by atoms with Gasteiger partial charge in [-0.2, -0.15) is 0 Å². The maximum absolute atomic E-state index is 13.0. The number of nitrogens with zero attached hydrogens (tertiary/aromatic N) is 2. The Morgan fingerprint density at radius 1 is 1.10 bits per heavy atom. The van der Waals surface area contributed by atoms with Gasteiger partial charge >= 0.3 is 6.09 Å². The summed E-state index contributed by atoms with van der Waals surface area (Å²) in [4.78, 5) is 64.1. The van der Waals surface area contributed by atoms with E-state index in [0.29, 0.717) is 13.1 Å². The van der Waals surface area contributed by atoms with Crippen LogP contribution in [0.1, 0.15) is 59.9 Å². The standard InChI is InChI=1S/C22H23N3O6/c1-22(2,3)31-21(30)24-9-8-13(11-24)12-4-5-14-15(10-12)20(29)25(19(14)28)16-6-7-17(26)23-18(16)27/h4-5,8,10,16H,6-7,9,11H2,1-3H3,(H,23,26,27). The van der Waals surface area contributed by atoms with Crippen molar-refractivity contribution in [1.82, 2.24) is 15.1 Å². The lowest BCUT2D eigenvalue weighted by atomic mass is 10.0.